The summed E-state index contributed by atoms with van der Waals surface area (Å²) in [6, 6.07) is 1.66. The first-order chi connectivity index (χ1) is 7.63. The van der Waals surface area contributed by atoms with E-state index in [-0.39, 0.29) is 0 Å². The lowest BCUT2D eigenvalue weighted by Gasteiger charge is -2.35. The number of hydrogen-bond donors (Lipinski definition) is 1. The standard InChI is InChI=1S/C14H28N2/c1-4-14(3,10-15-13-7-8-13)11-16-9-5-6-12(16)2/h12-13,15H,4-11H2,1-3H3. The van der Waals surface area contributed by atoms with Gasteiger partial charge in [-0.15, -0.1) is 0 Å². The van der Waals surface area contributed by atoms with Gasteiger partial charge in [-0.3, -0.25) is 0 Å². The Hall–Kier alpha value is -0.0800. The minimum Gasteiger partial charge on any atom is -0.313 e. The minimum absolute atomic E-state index is 0.473. The van der Waals surface area contributed by atoms with Crippen LogP contribution < -0.4 is 5.32 Å². The van der Waals surface area contributed by atoms with Crippen molar-refractivity contribution in [3.63, 3.8) is 0 Å². The fourth-order valence-electron chi connectivity index (χ4n) is 2.69. The average molecular weight is 224 g/mol. The van der Waals surface area contributed by atoms with E-state index in [1.54, 1.807) is 0 Å². The number of hydrogen-bond acceptors (Lipinski definition) is 2. The average Bonchev–Trinajstić information content (AvgIpc) is 3.02. The van der Waals surface area contributed by atoms with E-state index in [1.165, 1.54) is 51.7 Å². The van der Waals surface area contributed by atoms with Crippen LogP contribution in [-0.4, -0.2) is 36.6 Å². The third-order valence-corrected chi connectivity index (χ3v) is 4.52. The summed E-state index contributed by atoms with van der Waals surface area (Å²) in [5.41, 5.74) is 0.473. The summed E-state index contributed by atoms with van der Waals surface area (Å²) >= 11 is 0. The quantitative estimate of drug-likeness (QED) is 0.746. The van der Waals surface area contributed by atoms with Gasteiger partial charge in [0.05, 0.1) is 0 Å². The molecule has 0 aromatic carbocycles. The molecule has 1 heterocycles. The Morgan fingerprint density at radius 2 is 2.06 bits per heavy atom. The fraction of sp³-hybridized carbons (Fsp3) is 1.00. The molecular weight excluding hydrogens is 196 g/mol. The molecular formula is C14H28N2. The Morgan fingerprint density at radius 1 is 1.31 bits per heavy atom. The normalized spacial score (nSPS) is 30.6. The zero-order valence-electron chi connectivity index (χ0n) is 11.3. The van der Waals surface area contributed by atoms with E-state index in [9.17, 15) is 0 Å². The molecule has 94 valence electrons. The largest absolute Gasteiger partial charge is 0.313 e. The van der Waals surface area contributed by atoms with Crippen molar-refractivity contribution in [1.29, 1.82) is 0 Å². The van der Waals surface area contributed by atoms with Crippen molar-refractivity contribution >= 4 is 0 Å². The highest BCUT2D eigenvalue weighted by molar-refractivity contribution is 4.88. The van der Waals surface area contributed by atoms with Crippen LogP contribution in [0.4, 0.5) is 0 Å². The van der Waals surface area contributed by atoms with Crippen molar-refractivity contribution in [2.24, 2.45) is 5.41 Å². The van der Waals surface area contributed by atoms with Gasteiger partial charge in [0, 0.05) is 25.2 Å². The minimum atomic E-state index is 0.473. The van der Waals surface area contributed by atoms with Gasteiger partial charge >= 0.3 is 0 Å². The molecule has 0 bridgehead atoms. The summed E-state index contributed by atoms with van der Waals surface area (Å²) in [7, 11) is 0. The first-order valence-corrected chi connectivity index (χ1v) is 7.10. The van der Waals surface area contributed by atoms with Crippen molar-refractivity contribution in [2.75, 3.05) is 19.6 Å². The molecule has 0 spiro atoms. The van der Waals surface area contributed by atoms with Crippen LogP contribution in [0, 0.1) is 5.41 Å². The molecule has 2 unspecified atom stereocenters. The van der Waals surface area contributed by atoms with Crippen LogP contribution in [0.2, 0.25) is 0 Å². The Bertz CT molecular complexity index is 225. The topological polar surface area (TPSA) is 15.3 Å². The molecule has 0 aromatic rings. The summed E-state index contributed by atoms with van der Waals surface area (Å²) < 4.78 is 0. The maximum Gasteiger partial charge on any atom is 0.00684 e. The van der Waals surface area contributed by atoms with E-state index in [2.05, 4.69) is 31.0 Å². The first kappa shape index (κ1) is 12.4. The van der Waals surface area contributed by atoms with Gasteiger partial charge in [-0.2, -0.15) is 0 Å². The molecule has 2 heteroatoms. The van der Waals surface area contributed by atoms with Gasteiger partial charge in [-0.1, -0.05) is 13.8 Å². The van der Waals surface area contributed by atoms with Gasteiger partial charge in [0.2, 0.25) is 0 Å². The molecule has 2 fully saturated rings. The van der Waals surface area contributed by atoms with Crippen molar-refractivity contribution < 1.29 is 0 Å². The van der Waals surface area contributed by atoms with Gasteiger partial charge < -0.3 is 10.2 Å². The molecule has 1 aliphatic heterocycles. The van der Waals surface area contributed by atoms with Gasteiger partial charge in [-0.25, -0.2) is 0 Å². The lowest BCUT2D eigenvalue weighted by Crippen LogP contribution is -2.43. The third kappa shape index (κ3) is 3.21. The zero-order valence-corrected chi connectivity index (χ0v) is 11.3. The van der Waals surface area contributed by atoms with Gasteiger partial charge in [0.25, 0.3) is 0 Å². The Morgan fingerprint density at radius 3 is 2.56 bits per heavy atom. The molecule has 0 amide bonds. The highest BCUT2D eigenvalue weighted by atomic mass is 15.2. The van der Waals surface area contributed by atoms with E-state index in [4.69, 9.17) is 0 Å². The van der Waals surface area contributed by atoms with Crippen molar-refractivity contribution in [3.8, 4) is 0 Å². The zero-order chi connectivity index (χ0) is 11.6. The smallest absolute Gasteiger partial charge is 0.00684 e. The van der Waals surface area contributed by atoms with Crippen LogP contribution in [0.25, 0.3) is 0 Å². The Labute approximate surface area is 101 Å². The maximum absolute atomic E-state index is 3.71. The maximum atomic E-state index is 3.71. The molecule has 1 saturated heterocycles. The number of rotatable bonds is 6. The highest BCUT2D eigenvalue weighted by Crippen LogP contribution is 2.28. The van der Waals surface area contributed by atoms with Gasteiger partial charge in [-0.05, 0) is 51.0 Å². The number of nitrogens with zero attached hydrogens (tertiary/aromatic N) is 1. The molecule has 2 aliphatic rings. The molecule has 1 N–H and O–H groups in total. The van der Waals surface area contributed by atoms with Crippen molar-refractivity contribution in [1.82, 2.24) is 10.2 Å². The first-order valence-electron chi connectivity index (χ1n) is 7.10. The van der Waals surface area contributed by atoms with Crippen molar-refractivity contribution in [3.05, 3.63) is 0 Å². The second-order valence-electron chi connectivity index (χ2n) is 6.28. The van der Waals surface area contributed by atoms with Crippen molar-refractivity contribution in [2.45, 2.75) is 65.0 Å². The SMILES string of the molecule is CCC(C)(CNC1CC1)CN1CCCC1C. The lowest BCUT2D eigenvalue weighted by molar-refractivity contribution is 0.150. The summed E-state index contributed by atoms with van der Waals surface area (Å²) in [5.74, 6) is 0. The molecule has 2 atom stereocenters. The van der Waals surface area contributed by atoms with Crippen LogP contribution in [0.15, 0.2) is 0 Å². The van der Waals surface area contributed by atoms with Crippen LogP contribution in [0.3, 0.4) is 0 Å². The molecule has 16 heavy (non-hydrogen) atoms. The monoisotopic (exact) mass is 224 g/mol. The van der Waals surface area contributed by atoms with E-state index < -0.39 is 0 Å². The number of likely N-dealkylation sites (tertiary alicyclic amines) is 1. The molecule has 0 radical (unpaired) electrons. The summed E-state index contributed by atoms with van der Waals surface area (Å²) in [6.07, 6.45) is 6.89. The molecule has 2 rings (SSSR count). The predicted molar refractivity (Wildman–Crippen MR) is 69.7 cm³/mol. The Kier molecular flexibility index (Phi) is 3.91. The molecule has 0 aromatic heterocycles. The second-order valence-corrected chi connectivity index (χ2v) is 6.28. The second kappa shape index (κ2) is 5.05. The van der Waals surface area contributed by atoms with E-state index in [1.807, 2.05) is 0 Å². The summed E-state index contributed by atoms with van der Waals surface area (Å²) in [6.45, 7) is 11.0. The molecule has 2 nitrogen and oxygen atoms in total. The predicted octanol–water partition coefficient (Wildman–Crippen LogP) is 2.64. The highest BCUT2D eigenvalue weighted by Gasteiger charge is 2.31. The van der Waals surface area contributed by atoms with Gasteiger partial charge in [0.1, 0.15) is 0 Å². The molecule has 1 aliphatic carbocycles. The van der Waals surface area contributed by atoms with E-state index in [0.29, 0.717) is 5.41 Å². The Balaban J connectivity index is 1.81. The van der Waals surface area contributed by atoms with Crippen LogP contribution >= 0.6 is 0 Å². The number of nitrogens with one attached hydrogen (secondary N) is 1. The summed E-state index contributed by atoms with van der Waals surface area (Å²) in [4.78, 5) is 2.69. The fourth-order valence-corrected chi connectivity index (χ4v) is 2.69. The molecule has 1 saturated carbocycles. The van der Waals surface area contributed by atoms with Crippen LogP contribution in [-0.2, 0) is 0 Å². The van der Waals surface area contributed by atoms with E-state index >= 15 is 0 Å². The summed E-state index contributed by atoms with van der Waals surface area (Å²) in [5, 5.41) is 3.71. The van der Waals surface area contributed by atoms with Crippen LogP contribution in [0.1, 0.15) is 52.9 Å². The van der Waals surface area contributed by atoms with Crippen LogP contribution in [0.5, 0.6) is 0 Å². The lowest BCUT2D eigenvalue weighted by atomic mass is 9.86. The van der Waals surface area contributed by atoms with E-state index in [0.717, 1.165) is 12.1 Å². The van der Waals surface area contributed by atoms with Gasteiger partial charge in [0.15, 0.2) is 0 Å². The third-order valence-electron chi connectivity index (χ3n) is 4.52.